The van der Waals surface area contributed by atoms with Crippen LogP contribution in [0.1, 0.15) is 36.2 Å². The zero-order valence-electron chi connectivity index (χ0n) is 14.9. The van der Waals surface area contributed by atoms with Gasteiger partial charge in [0, 0.05) is 11.9 Å². The molecule has 0 fully saturated rings. The average Bonchev–Trinajstić information content (AvgIpc) is 3.11. The summed E-state index contributed by atoms with van der Waals surface area (Å²) in [6.07, 6.45) is 2.75. The zero-order chi connectivity index (χ0) is 20.3. The van der Waals surface area contributed by atoms with Crippen LogP contribution in [0.5, 0.6) is 0 Å². The lowest BCUT2D eigenvalue weighted by Crippen LogP contribution is -2.17. The van der Waals surface area contributed by atoms with Gasteiger partial charge in [-0.1, -0.05) is 0 Å². The summed E-state index contributed by atoms with van der Waals surface area (Å²) in [5, 5.41) is 14.7. The van der Waals surface area contributed by atoms with Gasteiger partial charge in [-0.3, -0.25) is 9.59 Å². The molecule has 28 heavy (non-hydrogen) atoms. The van der Waals surface area contributed by atoms with Gasteiger partial charge < -0.3 is 10.6 Å². The highest BCUT2D eigenvalue weighted by Gasteiger charge is 2.17. The quantitative estimate of drug-likeness (QED) is 0.701. The molecule has 140 valence electrons. The van der Waals surface area contributed by atoms with Gasteiger partial charge in [0.25, 0.3) is 11.8 Å². The standard InChI is InChI=1S/C19H14FN5O2S/c1-10-5-14(20)13(18(26)25-17-4-3-12(7-21)8-23-17)6-15(10)24-19(27)16-9-22-11(2)28-16/h3-6,8-9H,1-2H3,(H,24,27)(H,23,25,26). The number of halogens is 1. The maximum absolute atomic E-state index is 14.3. The van der Waals surface area contributed by atoms with Gasteiger partial charge in [-0.15, -0.1) is 11.3 Å². The van der Waals surface area contributed by atoms with Crippen molar-refractivity contribution in [1.29, 1.82) is 5.26 Å². The van der Waals surface area contributed by atoms with Gasteiger partial charge in [-0.25, -0.2) is 14.4 Å². The van der Waals surface area contributed by atoms with Gasteiger partial charge in [-0.2, -0.15) is 5.26 Å². The fourth-order valence-electron chi connectivity index (χ4n) is 2.35. The van der Waals surface area contributed by atoms with Crippen molar-refractivity contribution in [3.05, 3.63) is 69.1 Å². The summed E-state index contributed by atoms with van der Waals surface area (Å²) in [5.74, 6) is -1.66. The number of nitriles is 1. The number of aryl methyl sites for hydroxylation is 2. The molecule has 2 amide bonds. The van der Waals surface area contributed by atoms with Gasteiger partial charge in [0.1, 0.15) is 22.6 Å². The van der Waals surface area contributed by atoms with Crippen molar-refractivity contribution in [1.82, 2.24) is 9.97 Å². The lowest BCUT2D eigenvalue weighted by molar-refractivity contribution is 0.101. The van der Waals surface area contributed by atoms with Gasteiger partial charge in [-0.05, 0) is 43.7 Å². The predicted molar refractivity (Wildman–Crippen MR) is 103 cm³/mol. The molecule has 0 aliphatic heterocycles. The van der Waals surface area contributed by atoms with E-state index >= 15 is 0 Å². The number of nitrogens with zero attached hydrogens (tertiary/aromatic N) is 3. The Hall–Kier alpha value is -3.64. The largest absolute Gasteiger partial charge is 0.321 e. The SMILES string of the molecule is Cc1ncc(C(=O)Nc2cc(C(=O)Nc3ccc(C#N)cn3)c(F)cc2C)s1. The molecule has 2 N–H and O–H groups in total. The van der Waals surface area contributed by atoms with E-state index in [1.54, 1.807) is 13.8 Å². The van der Waals surface area contributed by atoms with Gasteiger partial charge in [0.2, 0.25) is 0 Å². The normalized spacial score (nSPS) is 10.2. The van der Waals surface area contributed by atoms with Gasteiger partial charge in [0.15, 0.2) is 0 Å². The molecule has 0 saturated heterocycles. The van der Waals surface area contributed by atoms with Crippen LogP contribution in [0.25, 0.3) is 0 Å². The van der Waals surface area contributed by atoms with Crippen LogP contribution in [0.15, 0.2) is 36.7 Å². The van der Waals surface area contributed by atoms with Crippen LogP contribution in [-0.2, 0) is 0 Å². The molecular weight excluding hydrogens is 381 g/mol. The number of carbonyl (C=O) groups excluding carboxylic acids is 2. The number of hydrogen-bond acceptors (Lipinski definition) is 6. The number of rotatable bonds is 4. The Labute approximate surface area is 163 Å². The van der Waals surface area contributed by atoms with E-state index in [-0.39, 0.29) is 17.3 Å². The van der Waals surface area contributed by atoms with Crippen LogP contribution >= 0.6 is 11.3 Å². The summed E-state index contributed by atoms with van der Waals surface area (Å²) >= 11 is 1.23. The lowest BCUT2D eigenvalue weighted by atomic mass is 10.1. The van der Waals surface area contributed by atoms with Crippen molar-refractivity contribution in [3.8, 4) is 6.07 Å². The maximum atomic E-state index is 14.3. The first kappa shape index (κ1) is 19.1. The minimum absolute atomic E-state index is 0.176. The third-order valence-corrected chi connectivity index (χ3v) is 4.70. The highest BCUT2D eigenvalue weighted by molar-refractivity contribution is 7.13. The number of nitrogens with one attached hydrogen (secondary N) is 2. The van der Waals surface area contributed by atoms with Crippen LogP contribution in [-0.4, -0.2) is 21.8 Å². The Balaban J connectivity index is 1.82. The number of anilines is 2. The highest BCUT2D eigenvalue weighted by atomic mass is 32.1. The number of benzene rings is 1. The van der Waals surface area contributed by atoms with E-state index in [1.165, 1.54) is 48.0 Å². The molecule has 2 heterocycles. The lowest BCUT2D eigenvalue weighted by Gasteiger charge is -2.11. The minimum atomic E-state index is -0.727. The van der Waals surface area contributed by atoms with Crippen LogP contribution in [0.2, 0.25) is 0 Å². The third kappa shape index (κ3) is 4.19. The second-order valence-corrected chi connectivity index (χ2v) is 7.08. The Morgan fingerprint density at radius 1 is 1.11 bits per heavy atom. The summed E-state index contributed by atoms with van der Waals surface area (Å²) in [5.41, 5.74) is 0.880. The molecule has 0 aliphatic rings. The number of pyridine rings is 1. The van der Waals surface area contributed by atoms with Crippen molar-refractivity contribution in [3.63, 3.8) is 0 Å². The summed E-state index contributed by atoms with van der Waals surface area (Å²) < 4.78 is 14.3. The summed E-state index contributed by atoms with van der Waals surface area (Å²) in [4.78, 5) is 33.1. The predicted octanol–water partition coefficient (Wildman–Crippen LogP) is 3.67. The Morgan fingerprint density at radius 3 is 2.50 bits per heavy atom. The highest BCUT2D eigenvalue weighted by Crippen LogP contribution is 2.23. The fourth-order valence-corrected chi connectivity index (χ4v) is 3.02. The van der Waals surface area contributed by atoms with Crippen molar-refractivity contribution in [2.45, 2.75) is 13.8 Å². The van der Waals surface area contributed by atoms with E-state index in [0.29, 0.717) is 21.7 Å². The van der Waals surface area contributed by atoms with Gasteiger partial charge in [0.05, 0.1) is 22.3 Å². The summed E-state index contributed by atoms with van der Waals surface area (Å²) in [6.45, 7) is 3.41. The van der Waals surface area contributed by atoms with Crippen molar-refractivity contribution in [2.24, 2.45) is 0 Å². The van der Waals surface area contributed by atoms with Crippen LogP contribution < -0.4 is 10.6 Å². The molecule has 0 aliphatic carbocycles. The Bertz CT molecular complexity index is 1100. The van der Waals surface area contributed by atoms with E-state index < -0.39 is 11.7 Å². The second kappa shape index (κ2) is 7.94. The first-order valence-corrected chi connectivity index (χ1v) is 8.90. The monoisotopic (exact) mass is 395 g/mol. The van der Waals surface area contributed by atoms with Crippen LogP contribution in [0, 0.1) is 31.0 Å². The topological polar surface area (TPSA) is 108 Å². The van der Waals surface area contributed by atoms with E-state index in [1.807, 2.05) is 6.07 Å². The van der Waals surface area contributed by atoms with Crippen LogP contribution in [0.3, 0.4) is 0 Å². The van der Waals surface area contributed by atoms with E-state index in [9.17, 15) is 14.0 Å². The molecule has 0 unspecified atom stereocenters. The molecule has 0 spiro atoms. The molecule has 3 rings (SSSR count). The molecule has 1 aromatic carbocycles. The number of carbonyl (C=O) groups is 2. The average molecular weight is 395 g/mol. The van der Waals surface area contributed by atoms with Crippen LogP contribution in [0.4, 0.5) is 15.9 Å². The summed E-state index contributed by atoms with van der Waals surface area (Å²) in [7, 11) is 0. The van der Waals surface area contributed by atoms with E-state index in [0.717, 1.165) is 5.01 Å². The van der Waals surface area contributed by atoms with E-state index in [4.69, 9.17) is 5.26 Å². The Morgan fingerprint density at radius 2 is 1.89 bits per heavy atom. The summed E-state index contributed by atoms with van der Waals surface area (Å²) in [6, 6.07) is 7.29. The smallest absolute Gasteiger partial charge is 0.267 e. The molecule has 0 saturated carbocycles. The van der Waals surface area contributed by atoms with Crippen molar-refractivity contribution in [2.75, 3.05) is 10.6 Å². The van der Waals surface area contributed by atoms with Gasteiger partial charge >= 0.3 is 0 Å². The first-order valence-electron chi connectivity index (χ1n) is 8.09. The van der Waals surface area contributed by atoms with E-state index in [2.05, 4.69) is 20.6 Å². The zero-order valence-corrected chi connectivity index (χ0v) is 15.7. The third-order valence-electron chi connectivity index (χ3n) is 3.79. The second-order valence-electron chi connectivity index (χ2n) is 5.84. The molecule has 0 bridgehead atoms. The minimum Gasteiger partial charge on any atom is -0.321 e. The molecule has 9 heteroatoms. The molecule has 3 aromatic rings. The number of amides is 2. The fraction of sp³-hybridized carbons (Fsp3) is 0.105. The Kier molecular flexibility index (Phi) is 5.42. The number of hydrogen-bond donors (Lipinski definition) is 2. The molecule has 7 nitrogen and oxygen atoms in total. The molecule has 2 aromatic heterocycles. The first-order chi connectivity index (χ1) is 13.4. The molecule has 0 atom stereocenters. The maximum Gasteiger partial charge on any atom is 0.267 e. The molecule has 0 radical (unpaired) electrons. The molecular formula is C19H14FN5O2S. The van der Waals surface area contributed by atoms with Crippen molar-refractivity contribution < 1.29 is 14.0 Å². The number of aromatic nitrogens is 2. The number of thiazole rings is 1. The van der Waals surface area contributed by atoms with Crippen molar-refractivity contribution >= 4 is 34.7 Å².